The Morgan fingerprint density at radius 3 is 2.59 bits per heavy atom. The fourth-order valence-electron chi connectivity index (χ4n) is 3.95. The van der Waals surface area contributed by atoms with E-state index in [0.29, 0.717) is 29.6 Å². The third-order valence-electron chi connectivity index (χ3n) is 5.77. The number of aromatic amines is 1. The third-order valence-corrected chi connectivity index (χ3v) is 7.25. The number of carbonyl (C=O) groups is 1. The van der Waals surface area contributed by atoms with Gasteiger partial charge in [-0.15, -0.1) is 0 Å². The smallest absolute Gasteiger partial charge is 0.232 e. The molecule has 11 heteroatoms. The molecule has 0 amide bonds. The number of aryl methyl sites for hydroxylation is 1. The average molecular weight is 529 g/mol. The highest BCUT2D eigenvalue weighted by Crippen LogP contribution is 2.29. The van der Waals surface area contributed by atoms with E-state index in [2.05, 4.69) is 19.7 Å². The van der Waals surface area contributed by atoms with Crippen LogP contribution in [0.25, 0.3) is 22.2 Å². The molecule has 0 fully saturated rings. The number of benzene rings is 1. The third kappa shape index (κ3) is 5.83. The number of hydrogen-bond donors (Lipinski definition) is 2. The van der Waals surface area contributed by atoms with Gasteiger partial charge in [0.25, 0.3) is 0 Å². The first-order valence-electron chi connectivity index (χ1n) is 11.7. The molecule has 2 N–H and O–H groups in total. The molecule has 4 aromatic rings. The molecule has 194 valence electrons. The topological polar surface area (TPSA) is 114 Å². The van der Waals surface area contributed by atoms with Gasteiger partial charge in [-0.1, -0.05) is 13.0 Å². The number of sulfonamides is 1. The minimum absolute atomic E-state index is 0.000129. The maximum Gasteiger partial charge on any atom is 0.232 e. The molecule has 0 spiro atoms. The predicted octanol–water partition coefficient (Wildman–Crippen LogP) is 4.86. The van der Waals surface area contributed by atoms with Crippen molar-refractivity contribution in [3.05, 3.63) is 77.4 Å². The summed E-state index contributed by atoms with van der Waals surface area (Å²) >= 11 is 0. The molecule has 8 nitrogen and oxygen atoms in total. The van der Waals surface area contributed by atoms with Crippen LogP contribution in [0, 0.1) is 11.6 Å². The largest absolute Gasteiger partial charge is 0.385 e. The number of ether oxygens (including phenoxy) is 1. The maximum absolute atomic E-state index is 15.2. The van der Waals surface area contributed by atoms with E-state index in [0.717, 1.165) is 36.2 Å². The fourth-order valence-corrected chi connectivity index (χ4v) is 5.08. The molecule has 0 saturated heterocycles. The Labute approximate surface area is 213 Å². The fraction of sp³-hybridized carbons (Fsp3) is 0.269. The molecule has 0 aliphatic heterocycles. The normalized spacial score (nSPS) is 11.7. The number of nitrogens with zero attached hydrogens (tertiary/aromatic N) is 2. The number of pyridine rings is 2. The van der Waals surface area contributed by atoms with Crippen LogP contribution < -0.4 is 4.72 Å². The Hall–Kier alpha value is -3.70. The Morgan fingerprint density at radius 1 is 1.11 bits per heavy atom. The number of hydrogen-bond acceptors (Lipinski definition) is 6. The van der Waals surface area contributed by atoms with Gasteiger partial charge < -0.3 is 9.72 Å². The minimum atomic E-state index is -3.85. The standard InChI is InChI=1S/C26H26F2N4O4S/c1-3-11-37(34,35)32-22-9-8-21(27)23(24(22)28)25(33)20-15-31-26-19(20)12-17(14-30-26)16-6-7-18(29-13-16)5-4-10-36-2/h6-9,12-15,32H,3-5,10-11H2,1-2H3,(H,30,31). The number of anilines is 1. The minimum Gasteiger partial charge on any atom is -0.385 e. The van der Waals surface area contributed by atoms with Gasteiger partial charge in [-0.25, -0.2) is 22.2 Å². The van der Waals surface area contributed by atoms with Crippen molar-refractivity contribution in [2.24, 2.45) is 0 Å². The van der Waals surface area contributed by atoms with Gasteiger partial charge in [-0.3, -0.25) is 14.5 Å². The predicted molar refractivity (Wildman–Crippen MR) is 137 cm³/mol. The molecule has 0 unspecified atom stereocenters. The SMILES string of the molecule is CCCS(=O)(=O)Nc1ccc(F)c(C(=O)c2c[nH]c3ncc(-c4ccc(CCCOC)nc4)cc23)c1F. The van der Waals surface area contributed by atoms with Crippen molar-refractivity contribution in [2.75, 3.05) is 24.2 Å². The quantitative estimate of drug-likeness (QED) is 0.212. The number of nitrogens with one attached hydrogen (secondary N) is 2. The molecular weight excluding hydrogens is 502 g/mol. The molecule has 0 saturated carbocycles. The highest BCUT2D eigenvalue weighted by molar-refractivity contribution is 7.92. The zero-order valence-corrected chi connectivity index (χ0v) is 21.2. The second-order valence-corrected chi connectivity index (χ2v) is 10.3. The Bertz CT molecular complexity index is 1540. The monoisotopic (exact) mass is 528 g/mol. The molecule has 0 radical (unpaired) electrons. The van der Waals surface area contributed by atoms with E-state index in [-0.39, 0.29) is 11.3 Å². The maximum atomic E-state index is 15.2. The summed E-state index contributed by atoms with van der Waals surface area (Å²) in [4.78, 5) is 24.9. The molecule has 1 aromatic carbocycles. The number of carbonyl (C=O) groups excluding carboxylic acids is 1. The zero-order valence-electron chi connectivity index (χ0n) is 20.3. The van der Waals surface area contributed by atoms with Crippen LogP contribution in [-0.4, -0.2) is 48.6 Å². The highest BCUT2D eigenvalue weighted by Gasteiger charge is 2.26. The summed E-state index contributed by atoms with van der Waals surface area (Å²) in [7, 11) is -2.20. The number of aromatic nitrogens is 3. The van der Waals surface area contributed by atoms with Crippen molar-refractivity contribution in [3.8, 4) is 11.1 Å². The Morgan fingerprint density at radius 2 is 1.89 bits per heavy atom. The van der Waals surface area contributed by atoms with E-state index in [1.807, 2.05) is 12.1 Å². The molecule has 4 rings (SSSR count). The number of methoxy groups -OCH3 is 1. The van der Waals surface area contributed by atoms with Crippen LogP contribution in [0.3, 0.4) is 0 Å². The first-order chi connectivity index (χ1) is 17.7. The van der Waals surface area contributed by atoms with Gasteiger partial charge in [0.05, 0.1) is 17.0 Å². The van der Waals surface area contributed by atoms with Crippen LogP contribution in [0.1, 0.15) is 41.4 Å². The molecule has 37 heavy (non-hydrogen) atoms. The Kier molecular flexibility index (Phi) is 7.94. The first kappa shape index (κ1) is 26.4. The van der Waals surface area contributed by atoms with Gasteiger partial charge in [0.15, 0.2) is 5.82 Å². The van der Waals surface area contributed by atoms with Crippen LogP contribution in [0.15, 0.2) is 48.9 Å². The lowest BCUT2D eigenvalue weighted by Crippen LogP contribution is -2.18. The second-order valence-electron chi connectivity index (χ2n) is 8.49. The van der Waals surface area contributed by atoms with E-state index in [4.69, 9.17) is 4.74 Å². The van der Waals surface area contributed by atoms with Crippen molar-refractivity contribution in [3.63, 3.8) is 0 Å². The number of halogens is 2. The lowest BCUT2D eigenvalue weighted by atomic mass is 10.00. The average Bonchev–Trinajstić information content (AvgIpc) is 3.30. The molecule has 3 heterocycles. The van der Waals surface area contributed by atoms with Crippen molar-refractivity contribution in [1.29, 1.82) is 0 Å². The molecular formula is C26H26F2N4O4S. The van der Waals surface area contributed by atoms with E-state index in [1.165, 1.54) is 6.20 Å². The van der Waals surface area contributed by atoms with Gasteiger partial charge in [0.1, 0.15) is 11.5 Å². The van der Waals surface area contributed by atoms with Crippen LogP contribution in [0.2, 0.25) is 0 Å². The van der Waals surface area contributed by atoms with Crippen molar-refractivity contribution < 1.29 is 26.7 Å². The van der Waals surface area contributed by atoms with Crippen molar-refractivity contribution >= 4 is 32.5 Å². The van der Waals surface area contributed by atoms with Crippen LogP contribution in [0.5, 0.6) is 0 Å². The van der Waals surface area contributed by atoms with Crippen molar-refractivity contribution in [2.45, 2.75) is 26.2 Å². The van der Waals surface area contributed by atoms with Gasteiger partial charge in [-0.05, 0) is 43.5 Å². The summed E-state index contributed by atoms with van der Waals surface area (Å²) in [5, 5.41) is 0.363. The van der Waals surface area contributed by atoms with Gasteiger partial charge in [0, 0.05) is 60.1 Å². The van der Waals surface area contributed by atoms with Crippen LogP contribution in [-0.2, 0) is 21.2 Å². The number of ketones is 1. The molecule has 0 aliphatic rings. The zero-order chi connectivity index (χ0) is 26.6. The summed E-state index contributed by atoms with van der Waals surface area (Å²) < 4.78 is 61.2. The van der Waals surface area contributed by atoms with E-state index in [1.54, 1.807) is 32.5 Å². The highest BCUT2D eigenvalue weighted by atomic mass is 32.2. The van der Waals surface area contributed by atoms with Gasteiger partial charge in [0.2, 0.25) is 15.8 Å². The Balaban J connectivity index is 1.67. The first-order valence-corrected chi connectivity index (χ1v) is 13.3. The van der Waals surface area contributed by atoms with E-state index >= 15 is 4.39 Å². The summed E-state index contributed by atoms with van der Waals surface area (Å²) in [6, 6.07) is 7.29. The summed E-state index contributed by atoms with van der Waals surface area (Å²) in [6.07, 6.45) is 6.56. The molecule has 0 atom stereocenters. The lowest BCUT2D eigenvalue weighted by molar-refractivity contribution is 0.103. The van der Waals surface area contributed by atoms with E-state index in [9.17, 15) is 17.6 Å². The van der Waals surface area contributed by atoms with Crippen molar-refractivity contribution in [1.82, 2.24) is 15.0 Å². The van der Waals surface area contributed by atoms with Gasteiger partial charge >= 0.3 is 0 Å². The molecule has 0 bridgehead atoms. The van der Waals surface area contributed by atoms with Crippen LogP contribution in [0.4, 0.5) is 14.5 Å². The number of rotatable bonds is 11. The second kappa shape index (κ2) is 11.1. The summed E-state index contributed by atoms with van der Waals surface area (Å²) in [5.41, 5.74) is 1.34. The van der Waals surface area contributed by atoms with Crippen LogP contribution >= 0.6 is 0 Å². The summed E-state index contributed by atoms with van der Waals surface area (Å²) in [6.45, 7) is 2.30. The van der Waals surface area contributed by atoms with Gasteiger partial charge in [-0.2, -0.15) is 0 Å². The molecule has 3 aromatic heterocycles. The van der Waals surface area contributed by atoms with E-state index < -0.39 is 38.7 Å². The molecule has 0 aliphatic carbocycles. The number of fused-ring (bicyclic) bond motifs is 1. The number of H-pyrrole nitrogens is 1. The lowest BCUT2D eigenvalue weighted by Gasteiger charge is -2.11. The summed E-state index contributed by atoms with van der Waals surface area (Å²) in [5.74, 6) is -3.57.